The van der Waals surface area contributed by atoms with E-state index in [2.05, 4.69) is 10.5 Å². The predicted octanol–water partition coefficient (Wildman–Crippen LogP) is 2.32. The third kappa shape index (κ3) is 5.19. The normalized spacial score (nSPS) is 20.3. The van der Waals surface area contributed by atoms with Crippen molar-refractivity contribution in [1.82, 2.24) is 5.32 Å². The summed E-state index contributed by atoms with van der Waals surface area (Å²) < 4.78 is 10.3. The summed E-state index contributed by atoms with van der Waals surface area (Å²) in [4.78, 5) is 29.7. The second-order valence-electron chi connectivity index (χ2n) is 7.20. The Balaban J connectivity index is 2.10. The lowest BCUT2D eigenvalue weighted by atomic mass is 9.86. The Morgan fingerprint density at radius 2 is 2.00 bits per heavy atom. The minimum atomic E-state index is -1.69. The zero-order chi connectivity index (χ0) is 20.1. The Labute approximate surface area is 158 Å². The van der Waals surface area contributed by atoms with E-state index in [0.717, 1.165) is 0 Å². The smallest absolute Gasteiger partial charge is 0.407 e. The molecule has 0 aliphatic carbocycles. The summed E-state index contributed by atoms with van der Waals surface area (Å²) in [6.45, 7) is 7.09. The van der Waals surface area contributed by atoms with Crippen LogP contribution in [0.1, 0.15) is 45.8 Å². The molecule has 148 valence electrons. The van der Waals surface area contributed by atoms with E-state index in [1.807, 2.05) is 0 Å². The molecule has 2 unspecified atom stereocenters. The van der Waals surface area contributed by atoms with Crippen LogP contribution in [0.25, 0.3) is 0 Å². The highest BCUT2D eigenvalue weighted by atomic mass is 16.7. The number of carbonyl (C=O) groups excluding carboxylic acids is 2. The van der Waals surface area contributed by atoms with Crippen molar-refractivity contribution in [2.24, 2.45) is 5.16 Å². The summed E-state index contributed by atoms with van der Waals surface area (Å²) >= 11 is 0. The van der Waals surface area contributed by atoms with Gasteiger partial charge in [-0.3, -0.25) is 0 Å². The lowest BCUT2D eigenvalue weighted by Crippen LogP contribution is -2.47. The second-order valence-corrected chi connectivity index (χ2v) is 7.20. The van der Waals surface area contributed by atoms with E-state index in [1.54, 1.807) is 58.0 Å². The van der Waals surface area contributed by atoms with Gasteiger partial charge < -0.3 is 24.7 Å². The quantitative estimate of drug-likeness (QED) is 0.736. The molecule has 2 atom stereocenters. The molecule has 1 aliphatic heterocycles. The largest absolute Gasteiger partial charge is 0.463 e. The standard InChI is InChI=1S/C19H26N2O6/c1-5-25-16(23)19(15(22)13-9-7-6-8-10-13)11-14(21-27-19)12-20-17(24)26-18(2,3)4/h6-10,15,22H,5,11-12H2,1-4H3,(H,20,24). The monoisotopic (exact) mass is 378 g/mol. The van der Waals surface area contributed by atoms with E-state index < -0.39 is 29.4 Å². The van der Waals surface area contributed by atoms with Gasteiger partial charge in [-0.1, -0.05) is 35.5 Å². The van der Waals surface area contributed by atoms with Gasteiger partial charge >= 0.3 is 12.1 Å². The molecule has 1 aromatic rings. The molecule has 0 fully saturated rings. The molecular weight excluding hydrogens is 352 g/mol. The SMILES string of the molecule is CCOC(=O)C1(C(O)c2ccccc2)CC(CNC(=O)OC(C)(C)C)=NO1. The van der Waals surface area contributed by atoms with Crippen LogP contribution in [0.2, 0.25) is 0 Å². The van der Waals surface area contributed by atoms with Crippen molar-refractivity contribution >= 4 is 17.8 Å². The van der Waals surface area contributed by atoms with Crippen molar-refractivity contribution in [1.29, 1.82) is 0 Å². The topological polar surface area (TPSA) is 106 Å². The fourth-order valence-corrected chi connectivity index (χ4v) is 2.62. The number of carbonyl (C=O) groups is 2. The Bertz CT molecular complexity index is 698. The van der Waals surface area contributed by atoms with Crippen molar-refractivity contribution in [3.05, 3.63) is 35.9 Å². The average molecular weight is 378 g/mol. The summed E-state index contributed by atoms with van der Waals surface area (Å²) in [6.07, 6.45) is -1.90. The summed E-state index contributed by atoms with van der Waals surface area (Å²) in [5.74, 6) is -0.711. The summed E-state index contributed by atoms with van der Waals surface area (Å²) in [6, 6.07) is 8.67. The van der Waals surface area contributed by atoms with Crippen molar-refractivity contribution in [3.63, 3.8) is 0 Å². The van der Waals surface area contributed by atoms with E-state index in [9.17, 15) is 14.7 Å². The highest BCUT2D eigenvalue weighted by Gasteiger charge is 2.54. The van der Waals surface area contributed by atoms with Gasteiger partial charge in [0.1, 0.15) is 11.7 Å². The molecule has 1 aliphatic rings. The third-order valence-corrected chi connectivity index (χ3v) is 3.82. The minimum Gasteiger partial charge on any atom is -0.463 e. The number of nitrogens with one attached hydrogen (secondary N) is 1. The van der Waals surface area contributed by atoms with Crippen LogP contribution in [0.5, 0.6) is 0 Å². The van der Waals surface area contributed by atoms with Gasteiger partial charge in [0.25, 0.3) is 5.60 Å². The minimum absolute atomic E-state index is 0.0162. The molecule has 0 saturated carbocycles. The Morgan fingerprint density at radius 3 is 2.59 bits per heavy atom. The van der Waals surface area contributed by atoms with Crippen molar-refractivity contribution < 1.29 is 29.0 Å². The van der Waals surface area contributed by atoms with Gasteiger partial charge in [0.2, 0.25) is 0 Å². The van der Waals surface area contributed by atoms with Gasteiger partial charge in [-0.25, -0.2) is 9.59 Å². The molecule has 0 saturated heterocycles. The number of ether oxygens (including phenoxy) is 2. The number of alkyl carbamates (subject to hydrolysis) is 1. The molecule has 27 heavy (non-hydrogen) atoms. The van der Waals surface area contributed by atoms with E-state index >= 15 is 0 Å². The molecule has 0 spiro atoms. The fraction of sp³-hybridized carbons (Fsp3) is 0.526. The number of aliphatic hydroxyl groups is 1. The maximum Gasteiger partial charge on any atom is 0.407 e. The Hall–Kier alpha value is -2.61. The van der Waals surface area contributed by atoms with Gasteiger partial charge in [-0.2, -0.15) is 0 Å². The van der Waals surface area contributed by atoms with Crippen LogP contribution in [-0.2, 0) is 19.1 Å². The van der Waals surface area contributed by atoms with Crippen LogP contribution in [0.15, 0.2) is 35.5 Å². The molecule has 1 amide bonds. The molecule has 8 nitrogen and oxygen atoms in total. The van der Waals surface area contributed by atoms with Gasteiger partial charge in [0.05, 0.1) is 18.9 Å². The maximum atomic E-state index is 12.6. The number of nitrogens with zero attached hydrogens (tertiary/aromatic N) is 1. The van der Waals surface area contributed by atoms with Crippen LogP contribution in [0.3, 0.4) is 0 Å². The van der Waals surface area contributed by atoms with Crippen molar-refractivity contribution in [2.75, 3.05) is 13.2 Å². The first-order valence-electron chi connectivity index (χ1n) is 8.79. The van der Waals surface area contributed by atoms with Crippen molar-refractivity contribution in [3.8, 4) is 0 Å². The number of oxime groups is 1. The van der Waals surface area contributed by atoms with Crippen LogP contribution in [0.4, 0.5) is 4.79 Å². The first-order valence-corrected chi connectivity index (χ1v) is 8.79. The molecule has 1 heterocycles. The van der Waals surface area contributed by atoms with Crippen LogP contribution in [-0.4, -0.2) is 47.2 Å². The van der Waals surface area contributed by atoms with E-state index in [4.69, 9.17) is 14.3 Å². The van der Waals surface area contributed by atoms with Gasteiger partial charge in [0, 0.05) is 6.42 Å². The van der Waals surface area contributed by atoms with E-state index in [0.29, 0.717) is 11.3 Å². The number of esters is 1. The van der Waals surface area contributed by atoms with Gasteiger partial charge in [-0.05, 0) is 33.3 Å². The number of aliphatic hydroxyl groups excluding tert-OH is 1. The Kier molecular flexibility index (Phi) is 6.43. The highest BCUT2D eigenvalue weighted by molar-refractivity contribution is 5.96. The molecule has 1 aromatic carbocycles. The Morgan fingerprint density at radius 1 is 1.33 bits per heavy atom. The van der Waals surface area contributed by atoms with Crippen LogP contribution < -0.4 is 5.32 Å². The third-order valence-electron chi connectivity index (χ3n) is 3.82. The zero-order valence-electron chi connectivity index (χ0n) is 16.0. The summed E-state index contributed by atoms with van der Waals surface area (Å²) in [5.41, 5.74) is -1.43. The maximum absolute atomic E-state index is 12.6. The predicted molar refractivity (Wildman–Crippen MR) is 98.1 cm³/mol. The zero-order valence-corrected chi connectivity index (χ0v) is 16.0. The van der Waals surface area contributed by atoms with Crippen molar-refractivity contribution in [2.45, 2.75) is 51.4 Å². The molecule has 0 bridgehead atoms. The van der Waals surface area contributed by atoms with E-state index in [-0.39, 0.29) is 19.6 Å². The second kappa shape index (κ2) is 8.39. The molecule has 0 radical (unpaired) electrons. The number of hydrogen-bond donors (Lipinski definition) is 2. The number of amides is 1. The van der Waals surface area contributed by atoms with Gasteiger partial charge in [0.15, 0.2) is 0 Å². The molecule has 2 N–H and O–H groups in total. The first kappa shape index (κ1) is 20.7. The molecule has 0 aromatic heterocycles. The number of rotatable bonds is 6. The first-order chi connectivity index (χ1) is 12.7. The van der Waals surface area contributed by atoms with E-state index in [1.165, 1.54) is 0 Å². The average Bonchev–Trinajstić information content (AvgIpc) is 3.04. The lowest BCUT2D eigenvalue weighted by Gasteiger charge is -2.29. The molecule has 8 heteroatoms. The number of hydrogen-bond acceptors (Lipinski definition) is 7. The highest BCUT2D eigenvalue weighted by Crippen LogP contribution is 2.38. The van der Waals surface area contributed by atoms with Crippen LogP contribution >= 0.6 is 0 Å². The molecule has 2 rings (SSSR count). The van der Waals surface area contributed by atoms with Crippen LogP contribution in [0, 0.1) is 0 Å². The number of benzene rings is 1. The van der Waals surface area contributed by atoms with Gasteiger partial charge in [-0.15, -0.1) is 0 Å². The summed E-state index contributed by atoms with van der Waals surface area (Å²) in [5, 5.41) is 17.3. The summed E-state index contributed by atoms with van der Waals surface area (Å²) in [7, 11) is 0. The molecular formula is C19H26N2O6. The lowest BCUT2D eigenvalue weighted by molar-refractivity contribution is -0.185. The fourth-order valence-electron chi connectivity index (χ4n) is 2.62.